The van der Waals surface area contributed by atoms with Crippen molar-refractivity contribution < 1.29 is 28.2 Å². The number of hydrogen-bond acceptors (Lipinski definition) is 5. The standard InChI is InChI=1S/C24H25N3O2S.C2H2O4/c1-27-12-4-7-21(27)13-19-16-25-24-11-9-20(15-23(19)24)26-30(28,29)22-10-8-17-5-2-3-6-18(17)14-22;3-1(4)2(5)6/h2-3,5-6,8-11,14-16,21,25-26H,4,7,12-13H2,1H3;(H,3,4)(H,5,6). The highest BCUT2D eigenvalue weighted by Crippen LogP contribution is 2.28. The number of H-pyrrole nitrogens is 1. The van der Waals surface area contributed by atoms with Crippen LogP contribution in [0.1, 0.15) is 18.4 Å². The second-order valence-corrected chi connectivity index (χ2v) is 10.5. The van der Waals surface area contributed by atoms with Gasteiger partial charge in [0.05, 0.1) is 4.90 Å². The molecule has 0 amide bonds. The zero-order valence-electron chi connectivity index (χ0n) is 19.6. The van der Waals surface area contributed by atoms with E-state index in [9.17, 15) is 8.42 Å². The fourth-order valence-corrected chi connectivity index (χ4v) is 5.53. The van der Waals surface area contributed by atoms with Gasteiger partial charge >= 0.3 is 11.9 Å². The van der Waals surface area contributed by atoms with Gasteiger partial charge in [-0.1, -0.05) is 30.3 Å². The van der Waals surface area contributed by atoms with Gasteiger partial charge in [-0.15, -0.1) is 0 Å². The van der Waals surface area contributed by atoms with Gasteiger partial charge in [-0.2, -0.15) is 0 Å². The van der Waals surface area contributed by atoms with Crippen molar-refractivity contribution in [2.75, 3.05) is 18.3 Å². The number of sulfonamides is 1. The molecule has 1 aliphatic rings. The average molecular weight is 510 g/mol. The van der Waals surface area contributed by atoms with Crippen molar-refractivity contribution in [3.63, 3.8) is 0 Å². The van der Waals surface area contributed by atoms with E-state index in [1.54, 1.807) is 12.1 Å². The maximum absolute atomic E-state index is 13.0. The molecular formula is C26H27N3O6S. The molecule has 0 bridgehead atoms. The number of rotatable bonds is 5. The SMILES string of the molecule is CN1CCCC1Cc1c[nH]c2ccc(NS(=O)(=O)c3ccc4ccccc4c3)cc12.O=C(O)C(=O)O. The van der Waals surface area contributed by atoms with Gasteiger partial charge in [-0.25, -0.2) is 18.0 Å². The second kappa shape index (κ2) is 10.4. The molecule has 3 aromatic carbocycles. The summed E-state index contributed by atoms with van der Waals surface area (Å²) in [5, 5.41) is 17.8. The number of carbonyl (C=O) groups is 2. The maximum atomic E-state index is 13.0. The first kappa shape index (κ1) is 25.2. The molecule has 2 heterocycles. The summed E-state index contributed by atoms with van der Waals surface area (Å²) in [6.45, 7) is 1.14. The van der Waals surface area contributed by atoms with E-state index in [-0.39, 0.29) is 4.90 Å². The van der Waals surface area contributed by atoms with Crippen LogP contribution < -0.4 is 4.72 Å². The van der Waals surface area contributed by atoms with Crippen LogP contribution in [-0.4, -0.2) is 60.1 Å². The highest BCUT2D eigenvalue weighted by molar-refractivity contribution is 7.92. The topological polar surface area (TPSA) is 140 Å². The predicted molar refractivity (Wildman–Crippen MR) is 138 cm³/mol. The summed E-state index contributed by atoms with van der Waals surface area (Å²) in [7, 11) is -1.49. The molecule has 1 aromatic heterocycles. The van der Waals surface area contributed by atoms with Crippen molar-refractivity contribution in [2.45, 2.75) is 30.2 Å². The molecule has 1 saturated heterocycles. The average Bonchev–Trinajstić information content (AvgIpc) is 3.44. The highest BCUT2D eigenvalue weighted by Gasteiger charge is 2.22. The smallest absolute Gasteiger partial charge is 0.414 e. The van der Waals surface area contributed by atoms with Crippen LogP contribution in [0.2, 0.25) is 0 Å². The zero-order chi connectivity index (χ0) is 25.9. The summed E-state index contributed by atoms with van der Waals surface area (Å²) in [5.41, 5.74) is 2.84. The Labute approximate surface area is 208 Å². The van der Waals surface area contributed by atoms with Crippen LogP contribution in [0.15, 0.2) is 71.8 Å². The molecule has 0 saturated carbocycles. The van der Waals surface area contributed by atoms with Crippen LogP contribution in [0.4, 0.5) is 5.69 Å². The molecule has 1 aliphatic heterocycles. The Hall–Kier alpha value is -3.89. The van der Waals surface area contributed by atoms with Gasteiger partial charge in [0.1, 0.15) is 0 Å². The van der Waals surface area contributed by atoms with Gasteiger partial charge in [0.2, 0.25) is 0 Å². The number of nitrogens with zero attached hydrogens (tertiary/aromatic N) is 1. The lowest BCUT2D eigenvalue weighted by Gasteiger charge is -2.18. The van der Waals surface area contributed by atoms with E-state index in [0.29, 0.717) is 11.7 Å². The van der Waals surface area contributed by atoms with Gasteiger partial charge in [0.25, 0.3) is 10.0 Å². The van der Waals surface area contributed by atoms with E-state index < -0.39 is 22.0 Å². The molecular weight excluding hydrogens is 482 g/mol. The maximum Gasteiger partial charge on any atom is 0.414 e. The molecule has 1 unspecified atom stereocenters. The molecule has 0 aliphatic carbocycles. The third-order valence-corrected chi connectivity index (χ3v) is 7.74. The molecule has 9 nitrogen and oxygen atoms in total. The lowest BCUT2D eigenvalue weighted by Crippen LogP contribution is -2.26. The van der Waals surface area contributed by atoms with Crippen LogP contribution in [-0.2, 0) is 26.0 Å². The number of aromatic nitrogens is 1. The number of aliphatic carboxylic acids is 2. The largest absolute Gasteiger partial charge is 0.473 e. The van der Waals surface area contributed by atoms with Gasteiger partial charge in [-0.05, 0) is 79.5 Å². The third kappa shape index (κ3) is 5.67. The number of hydrogen-bond donors (Lipinski definition) is 4. The minimum absolute atomic E-state index is 0.267. The van der Waals surface area contributed by atoms with E-state index in [1.165, 1.54) is 18.4 Å². The molecule has 188 valence electrons. The van der Waals surface area contributed by atoms with E-state index in [1.807, 2.05) is 48.5 Å². The molecule has 10 heteroatoms. The number of carboxylic acids is 2. The Balaban J connectivity index is 0.000000455. The Bertz CT molecular complexity index is 1520. The van der Waals surface area contributed by atoms with Crippen molar-refractivity contribution in [3.8, 4) is 0 Å². The van der Waals surface area contributed by atoms with Crippen LogP contribution >= 0.6 is 0 Å². The highest BCUT2D eigenvalue weighted by atomic mass is 32.2. The molecule has 1 atom stereocenters. The minimum Gasteiger partial charge on any atom is -0.473 e. The number of carboxylic acid groups (broad SMARTS) is 2. The number of anilines is 1. The van der Waals surface area contributed by atoms with Crippen molar-refractivity contribution >= 4 is 49.3 Å². The third-order valence-electron chi connectivity index (χ3n) is 6.36. The van der Waals surface area contributed by atoms with Crippen LogP contribution in [0.3, 0.4) is 0 Å². The fraction of sp³-hybridized carbons (Fsp3) is 0.231. The minimum atomic E-state index is -3.67. The first-order valence-corrected chi connectivity index (χ1v) is 12.9. The monoisotopic (exact) mass is 509 g/mol. The summed E-state index contributed by atoms with van der Waals surface area (Å²) in [5.74, 6) is -3.65. The molecule has 1 fully saturated rings. The van der Waals surface area contributed by atoms with Crippen molar-refractivity contribution in [3.05, 3.63) is 72.4 Å². The number of likely N-dealkylation sites (tertiary alicyclic amines) is 1. The molecule has 5 rings (SSSR count). The first-order valence-electron chi connectivity index (χ1n) is 11.4. The van der Waals surface area contributed by atoms with E-state index >= 15 is 0 Å². The quantitative estimate of drug-likeness (QED) is 0.299. The van der Waals surface area contributed by atoms with Crippen molar-refractivity contribution in [2.24, 2.45) is 0 Å². The number of aromatic amines is 1. The van der Waals surface area contributed by atoms with Crippen molar-refractivity contribution in [1.82, 2.24) is 9.88 Å². The molecule has 0 radical (unpaired) electrons. The summed E-state index contributed by atoms with van der Waals surface area (Å²) >= 11 is 0. The van der Waals surface area contributed by atoms with Gasteiger partial charge in [0.15, 0.2) is 0 Å². The summed E-state index contributed by atoms with van der Waals surface area (Å²) in [6, 6.07) is 19.2. The summed E-state index contributed by atoms with van der Waals surface area (Å²) < 4.78 is 28.8. The lowest BCUT2D eigenvalue weighted by molar-refractivity contribution is -0.159. The van der Waals surface area contributed by atoms with Gasteiger partial charge in [0, 0.05) is 28.8 Å². The molecule has 36 heavy (non-hydrogen) atoms. The van der Waals surface area contributed by atoms with Gasteiger partial charge < -0.3 is 20.1 Å². The van der Waals surface area contributed by atoms with Crippen molar-refractivity contribution in [1.29, 1.82) is 0 Å². The van der Waals surface area contributed by atoms with E-state index in [0.717, 1.165) is 34.6 Å². The predicted octanol–water partition coefficient (Wildman–Crippen LogP) is 3.91. The Morgan fingerprint density at radius 3 is 2.42 bits per heavy atom. The Kier molecular flexibility index (Phi) is 7.27. The zero-order valence-corrected chi connectivity index (χ0v) is 20.5. The Morgan fingerprint density at radius 2 is 1.75 bits per heavy atom. The number of benzene rings is 3. The van der Waals surface area contributed by atoms with E-state index in [2.05, 4.69) is 27.9 Å². The first-order chi connectivity index (χ1) is 17.1. The summed E-state index contributed by atoms with van der Waals surface area (Å²) in [4.78, 5) is 24.2. The molecule has 0 spiro atoms. The number of fused-ring (bicyclic) bond motifs is 2. The molecule has 4 N–H and O–H groups in total. The number of nitrogens with one attached hydrogen (secondary N) is 2. The number of likely N-dealkylation sites (N-methyl/N-ethyl adjacent to an activating group) is 1. The molecule has 4 aromatic rings. The van der Waals surface area contributed by atoms with Gasteiger partial charge in [-0.3, -0.25) is 4.72 Å². The van der Waals surface area contributed by atoms with Crippen LogP contribution in [0.5, 0.6) is 0 Å². The normalized spacial score (nSPS) is 16.0. The van der Waals surface area contributed by atoms with Crippen LogP contribution in [0.25, 0.3) is 21.7 Å². The van der Waals surface area contributed by atoms with Crippen LogP contribution in [0, 0.1) is 0 Å². The van der Waals surface area contributed by atoms with E-state index in [4.69, 9.17) is 19.8 Å². The summed E-state index contributed by atoms with van der Waals surface area (Å²) in [6.07, 6.45) is 5.47. The lowest BCUT2D eigenvalue weighted by atomic mass is 10.0. The Morgan fingerprint density at radius 1 is 1.03 bits per heavy atom. The second-order valence-electron chi connectivity index (χ2n) is 8.78. The fourth-order valence-electron chi connectivity index (χ4n) is 4.45.